The summed E-state index contributed by atoms with van der Waals surface area (Å²) in [7, 11) is 4.12. The van der Waals surface area contributed by atoms with Gasteiger partial charge in [0.2, 0.25) is 0 Å². The summed E-state index contributed by atoms with van der Waals surface area (Å²) in [5, 5.41) is 3.27. The van der Waals surface area contributed by atoms with Gasteiger partial charge in [0.05, 0.1) is 13.2 Å². The Balaban J connectivity index is 3.58. The highest BCUT2D eigenvalue weighted by molar-refractivity contribution is 5.93. The number of rotatable bonds is 4. The average Bonchev–Trinajstić information content (AvgIpc) is 2.54. The molecule has 24 heavy (non-hydrogen) atoms. The number of hydrogen-bond donors (Lipinski definition) is 2. The van der Waals surface area contributed by atoms with E-state index in [4.69, 9.17) is 9.47 Å². The minimum absolute atomic E-state index is 0.0147. The van der Waals surface area contributed by atoms with Crippen molar-refractivity contribution in [3.8, 4) is 0 Å². The quantitative estimate of drug-likeness (QED) is 0.722. The molecule has 1 aromatic rings. The number of ether oxygens (including phenoxy) is 2. The van der Waals surface area contributed by atoms with Crippen LogP contribution in [0.4, 0.5) is 21.1 Å². The summed E-state index contributed by atoms with van der Waals surface area (Å²) in [5.74, 6) is 0.0213. The topological polar surface area (TPSA) is 124 Å². The van der Waals surface area contributed by atoms with Crippen molar-refractivity contribution in [3.05, 3.63) is 20.8 Å². The monoisotopic (exact) mass is 343 g/mol. The first-order chi connectivity index (χ1) is 11.3. The Kier molecular flexibility index (Phi) is 6.38. The molecule has 0 aliphatic carbocycles. The number of nitrogens with zero attached hydrogens (tertiary/aromatic N) is 3. The second-order valence-electron chi connectivity index (χ2n) is 4.52. The van der Waals surface area contributed by atoms with E-state index in [-0.39, 0.29) is 24.7 Å². The Labute approximate surface area is 137 Å². The molecule has 0 bridgehead atoms. The predicted molar refractivity (Wildman–Crippen MR) is 86.1 cm³/mol. The van der Waals surface area contributed by atoms with Gasteiger partial charge < -0.3 is 14.8 Å². The van der Waals surface area contributed by atoms with E-state index >= 15 is 0 Å². The molecule has 134 valence electrons. The lowest BCUT2D eigenvalue weighted by molar-refractivity contribution is 0.138. The third-order valence-corrected chi connectivity index (χ3v) is 3.03. The first kappa shape index (κ1) is 19.1. The van der Waals surface area contributed by atoms with Crippen molar-refractivity contribution < 1.29 is 19.1 Å². The fourth-order valence-corrected chi connectivity index (χ4v) is 1.95. The first-order valence-electron chi connectivity index (χ1n) is 7.18. The van der Waals surface area contributed by atoms with Crippen LogP contribution in [-0.2, 0) is 23.6 Å². The Hall–Kier alpha value is -2.98. The van der Waals surface area contributed by atoms with Crippen LogP contribution in [0.15, 0.2) is 9.59 Å². The molecule has 11 nitrogen and oxygen atoms in total. The van der Waals surface area contributed by atoms with Crippen LogP contribution in [0, 0.1) is 0 Å². The molecule has 2 amide bonds. The SMILES string of the molecule is CCOC(=O)NN(C(=O)OCC)c1c(NC)n(C)c(=O)n(C)c1=O. The number of hydrazine groups is 1. The molecule has 0 unspecified atom stereocenters. The van der Waals surface area contributed by atoms with Crippen LogP contribution >= 0.6 is 0 Å². The standard InChI is InChI=1S/C13H21N5O6/c1-6-23-11(20)15-18(13(22)24-7-2)8-9(14-3)16(4)12(21)17(5)10(8)19/h14H,6-7H2,1-5H3,(H,15,20). The van der Waals surface area contributed by atoms with Crippen molar-refractivity contribution in [1.82, 2.24) is 14.6 Å². The van der Waals surface area contributed by atoms with Crippen LogP contribution in [0.2, 0.25) is 0 Å². The summed E-state index contributed by atoms with van der Waals surface area (Å²) < 4.78 is 11.5. The summed E-state index contributed by atoms with van der Waals surface area (Å²) in [4.78, 5) is 48.4. The van der Waals surface area contributed by atoms with Crippen LogP contribution in [0.3, 0.4) is 0 Å². The minimum atomic E-state index is -1.00. The number of hydrogen-bond acceptors (Lipinski definition) is 7. The Morgan fingerprint density at radius 1 is 1.08 bits per heavy atom. The molecule has 0 fully saturated rings. The van der Waals surface area contributed by atoms with Crippen LogP contribution < -0.4 is 27.0 Å². The van der Waals surface area contributed by atoms with Crippen LogP contribution in [0.25, 0.3) is 0 Å². The van der Waals surface area contributed by atoms with E-state index in [0.717, 1.165) is 9.13 Å². The zero-order valence-corrected chi connectivity index (χ0v) is 14.2. The first-order valence-corrected chi connectivity index (χ1v) is 7.18. The van der Waals surface area contributed by atoms with Crippen LogP contribution in [0.1, 0.15) is 13.8 Å². The van der Waals surface area contributed by atoms with E-state index < -0.39 is 23.4 Å². The van der Waals surface area contributed by atoms with Crippen LogP contribution in [0.5, 0.6) is 0 Å². The van der Waals surface area contributed by atoms with E-state index in [9.17, 15) is 19.2 Å². The minimum Gasteiger partial charge on any atom is -0.449 e. The van der Waals surface area contributed by atoms with Gasteiger partial charge in [-0.15, -0.1) is 0 Å². The molecule has 0 aliphatic heterocycles. The van der Waals surface area contributed by atoms with E-state index in [0.29, 0.717) is 5.01 Å². The van der Waals surface area contributed by atoms with Gasteiger partial charge in [-0.25, -0.2) is 19.8 Å². The zero-order valence-electron chi connectivity index (χ0n) is 14.2. The average molecular weight is 343 g/mol. The van der Waals surface area contributed by atoms with Gasteiger partial charge in [-0.3, -0.25) is 13.9 Å². The number of carbonyl (C=O) groups excluding carboxylic acids is 2. The molecule has 1 heterocycles. The van der Waals surface area contributed by atoms with Gasteiger partial charge in [0.25, 0.3) is 5.56 Å². The molecule has 2 N–H and O–H groups in total. The molecule has 0 saturated carbocycles. The normalized spacial score (nSPS) is 10.0. The molecule has 1 rings (SSSR count). The van der Waals surface area contributed by atoms with Gasteiger partial charge in [0.15, 0.2) is 5.69 Å². The van der Waals surface area contributed by atoms with Crippen molar-refractivity contribution in [2.75, 3.05) is 30.6 Å². The van der Waals surface area contributed by atoms with E-state index in [1.165, 1.54) is 21.1 Å². The highest BCUT2D eigenvalue weighted by Gasteiger charge is 2.28. The smallest absolute Gasteiger partial charge is 0.433 e. The third kappa shape index (κ3) is 3.67. The van der Waals surface area contributed by atoms with Crippen molar-refractivity contribution in [2.24, 2.45) is 14.1 Å². The fraction of sp³-hybridized carbons (Fsp3) is 0.538. The Morgan fingerprint density at radius 2 is 1.67 bits per heavy atom. The number of aromatic nitrogens is 2. The highest BCUT2D eigenvalue weighted by atomic mass is 16.6. The summed E-state index contributed by atoms with van der Waals surface area (Å²) in [6, 6.07) is 0. The number of amides is 2. The number of anilines is 2. The third-order valence-electron chi connectivity index (χ3n) is 3.03. The molecule has 0 spiro atoms. The molecule has 0 aromatic carbocycles. The number of nitrogens with one attached hydrogen (secondary N) is 2. The van der Waals surface area contributed by atoms with Crippen LogP contribution in [-0.4, -0.2) is 41.6 Å². The second-order valence-corrected chi connectivity index (χ2v) is 4.52. The molecule has 0 aliphatic rings. The van der Waals surface area contributed by atoms with Crippen molar-refractivity contribution in [1.29, 1.82) is 0 Å². The fourth-order valence-electron chi connectivity index (χ4n) is 1.95. The highest BCUT2D eigenvalue weighted by Crippen LogP contribution is 2.18. The van der Waals surface area contributed by atoms with Gasteiger partial charge in [0, 0.05) is 21.1 Å². The second kappa shape index (κ2) is 8.04. The van der Waals surface area contributed by atoms with E-state index in [1.807, 2.05) is 0 Å². The van der Waals surface area contributed by atoms with Gasteiger partial charge >= 0.3 is 17.9 Å². The van der Waals surface area contributed by atoms with Gasteiger partial charge in [-0.2, -0.15) is 5.01 Å². The lowest BCUT2D eigenvalue weighted by Crippen LogP contribution is -2.52. The maximum atomic E-state index is 12.5. The van der Waals surface area contributed by atoms with Crippen molar-refractivity contribution >= 4 is 23.7 Å². The van der Waals surface area contributed by atoms with Gasteiger partial charge in [-0.05, 0) is 13.8 Å². The zero-order chi connectivity index (χ0) is 18.4. The molecular weight excluding hydrogens is 322 g/mol. The van der Waals surface area contributed by atoms with Crippen molar-refractivity contribution in [3.63, 3.8) is 0 Å². The molecular formula is C13H21N5O6. The van der Waals surface area contributed by atoms with Gasteiger partial charge in [0.1, 0.15) is 5.82 Å². The largest absolute Gasteiger partial charge is 0.449 e. The molecule has 1 aromatic heterocycles. The summed E-state index contributed by atoms with van der Waals surface area (Å²) in [6.07, 6.45) is -1.96. The molecule has 0 radical (unpaired) electrons. The summed E-state index contributed by atoms with van der Waals surface area (Å²) in [6.45, 7) is 3.23. The molecule has 11 heteroatoms. The molecule has 0 atom stereocenters. The van der Waals surface area contributed by atoms with E-state index in [1.54, 1.807) is 13.8 Å². The van der Waals surface area contributed by atoms with Crippen molar-refractivity contribution in [2.45, 2.75) is 13.8 Å². The van der Waals surface area contributed by atoms with E-state index in [2.05, 4.69) is 10.7 Å². The maximum Gasteiger partial charge on any atom is 0.433 e. The molecule has 0 saturated heterocycles. The Morgan fingerprint density at radius 3 is 2.17 bits per heavy atom. The summed E-state index contributed by atoms with van der Waals surface area (Å²) in [5.41, 5.74) is 0.451. The number of carbonyl (C=O) groups is 2. The Bertz CT molecular complexity index is 738. The predicted octanol–water partition coefficient (Wildman–Crippen LogP) is -0.250. The summed E-state index contributed by atoms with van der Waals surface area (Å²) >= 11 is 0. The maximum absolute atomic E-state index is 12.5. The lowest BCUT2D eigenvalue weighted by Gasteiger charge is -2.24. The van der Waals surface area contributed by atoms with Gasteiger partial charge in [-0.1, -0.05) is 0 Å². The lowest BCUT2D eigenvalue weighted by atomic mass is 10.4.